The molecule has 0 aromatic heterocycles. The first-order chi connectivity index (χ1) is 9.91. The molecule has 0 heterocycles. The lowest BCUT2D eigenvalue weighted by Gasteiger charge is -2.43. The maximum absolute atomic E-state index is 12.4. The van der Waals surface area contributed by atoms with Gasteiger partial charge in [0.25, 0.3) is 0 Å². The highest BCUT2D eigenvalue weighted by atomic mass is 16.5. The number of hydrogen-bond acceptors (Lipinski definition) is 4. The van der Waals surface area contributed by atoms with Crippen molar-refractivity contribution in [1.82, 2.24) is 0 Å². The Hall–Kier alpha value is -1.71. The second-order valence-corrected chi connectivity index (χ2v) is 6.63. The zero-order valence-electron chi connectivity index (χ0n) is 13.4. The summed E-state index contributed by atoms with van der Waals surface area (Å²) in [6.45, 7) is 4.41. The molecule has 1 atom stereocenters. The fourth-order valence-corrected chi connectivity index (χ4v) is 3.37. The second kappa shape index (κ2) is 5.96. The maximum Gasteiger partial charge on any atom is 0.331 e. The number of rotatable bonds is 4. The van der Waals surface area contributed by atoms with Gasteiger partial charge in [0.1, 0.15) is 11.3 Å². The number of nitrogens with one attached hydrogen (secondary N) is 1. The fourth-order valence-electron chi connectivity index (χ4n) is 3.37. The van der Waals surface area contributed by atoms with Gasteiger partial charge in [-0.15, -0.1) is 0 Å². The summed E-state index contributed by atoms with van der Waals surface area (Å²) < 4.78 is 10.3. The standard InChI is InChI=1S/C17H25NO3/c1-16(2)9-6-10-17(12-16,15(19)21-4)18-13-7-5-8-14(11-13)20-3/h5,7-8,11,18H,6,9-10,12H2,1-4H3. The van der Waals surface area contributed by atoms with Crippen LogP contribution in [0.3, 0.4) is 0 Å². The Bertz CT molecular complexity index is 513. The van der Waals surface area contributed by atoms with Crippen molar-refractivity contribution in [2.45, 2.75) is 45.1 Å². The van der Waals surface area contributed by atoms with Gasteiger partial charge in [0.05, 0.1) is 14.2 Å². The van der Waals surface area contributed by atoms with E-state index in [-0.39, 0.29) is 11.4 Å². The minimum absolute atomic E-state index is 0.123. The Morgan fingerprint density at radius 1 is 1.24 bits per heavy atom. The van der Waals surface area contributed by atoms with Crippen molar-refractivity contribution in [3.63, 3.8) is 0 Å². The molecule has 1 saturated carbocycles. The van der Waals surface area contributed by atoms with Gasteiger partial charge in [0.15, 0.2) is 0 Å². The van der Waals surface area contributed by atoms with Crippen LogP contribution in [0.1, 0.15) is 39.5 Å². The molecule has 0 bridgehead atoms. The molecule has 1 N–H and O–H groups in total. The van der Waals surface area contributed by atoms with Crippen LogP contribution in [0.4, 0.5) is 5.69 Å². The van der Waals surface area contributed by atoms with Crippen LogP contribution in [-0.4, -0.2) is 25.7 Å². The topological polar surface area (TPSA) is 47.6 Å². The van der Waals surface area contributed by atoms with Crippen molar-refractivity contribution in [1.29, 1.82) is 0 Å². The Morgan fingerprint density at radius 2 is 2.00 bits per heavy atom. The first kappa shape index (κ1) is 15.7. The molecule has 0 spiro atoms. The summed E-state index contributed by atoms with van der Waals surface area (Å²) in [7, 11) is 3.10. The predicted molar refractivity (Wildman–Crippen MR) is 83.6 cm³/mol. The Morgan fingerprint density at radius 3 is 2.62 bits per heavy atom. The Labute approximate surface area is 126 Å². The minimum Gasteiger partial charge on any atom is -0.497 e. The number of benzene rings is 1. The van der Waals surface area contributed by atoms with E-state index in [0.29, 0.717) is 0 Å². The summed E-state index contributed by atoms with van der Waals surface area (Å²) in [4.78, 5) is 12.4. The first-order valence-electron chi connectivity index (χ1n) is 7.41. The van der Waals surface area contributed by atoms with E-state index in [0.717, 1.165) is 37.1 Å². The molecular formula is C17H25NO3. The number of esters is 1. The third-order valence-electron chi connectivity index (χ3n) is 4.27. The zero-order valence-corrected chi connectivity index (χ0v) is 13.4. The van der Waals surface area contributed by atoms with Crippen LogP contribution in [0.5, 0.6) is 5.75 Å². The predicted octanol–water partition coefficient (Wildman–Crippen LogP) is 3.62. The van der Waals surface area contributed by atoms with E-state index < -0.39 is 5.54 Å². The summed E-state index contributed by atoms with van der Waals surface area (Å²) in [6.07, 6.45) is 3.70. The summed E-state index contributed by atoms with van der Waals surface area (Å²) in [5.74, 6) is 0.591. The van der Waals surface area contributed by atoms with E-state index in [2.05, 4.69) is 19.2 Å². The van der Waals surface area contributed by atoms with Gasteiger partial charge in [0.2, 0.25) is 0 Å². The van der Waals surface area contributed by atoms with E-state index in [1.54, 1.807) is 7.11 Å². The van der Waals surface area contributed by atoms with Crippen molar-refractivity contribution >= 4 is 11.7 Å². The lowest BCUT2D eigenvalue weighted by molar-refractivity contribution is -0.148. The maximum atomic E-state index is 12.4. The van der Waals surface area contributed by atoms with Gasteiger partial charge in [-0.25, -0.2) is 4.79 Å². The van der Waals surface area contributed by atoms with Crippen LogP contribution in [0, 0.1) is 5.41 Å². The van der Waals surface area contributed by atoms with Crippen LogP contribution >= 0.6 is 0 Å². The molecule has 21 heavy (non-hydrogen) atoms. The van der Waals surface area contributed by atoms with Gasteiger partial charge in [0, 0.05) is 11.8 Å². The molecule has 4 nitrogen and oxygen atoms in total. The largest absolute Gasteiger partial charge is 0.497 e. The van der Waals surface area contributed by atoms with Crippen molar-refractivity contribution in [2.75, 3.05) is 19.5 Å². The van der Waals surface area contributed by atoms with E-state index in [1.165, 1.54) is 7.11 Å². The number of anilines is 1. The minimum atomic E-state index is -0.650. The van der Waals surface area contributed by atoms with Gasteiger partial charge < -0.3 is 14.8 Å². The number of carbonyl (C=O) groups is 1. The second-order valence-electron chi connectivity index (χ2n) is 6.63. The number of hydrogen-bond donors (Lipinski definition) is 1. The molecule has 0 amide bonds. The van der Waals surface area contributed by atoms with Crippen LogP contribution in [0.25, 0.3) is 0 Å². The van der Waals surface area contributed by atoms with Gasteiger partial charge in [-0.2, -0.15) is 0 Å². The molecule has 1 aliphatic carbocycles. The Balaban J connectivity index is 2.30. The molecule has 1 aromatic carbocycles. The molecule has 1 aliphatic rings. The number of carbonyl (C=O) groups excluding carboxylic acids is 1. The molecule has 4 heteroatoms. The number of methoxy groups -OCH3 is 2. The van der Waals surface area contributed by atoms with Crippen LogP contribution in [0.15, 0.2) is 24.3 Å². The summed E-state index contributed by atoms with van der Waals surface area (Å²) in [5.41, 5.74) is 0.360. The average molecular weight is 291 g/mol. The smallest absolute Gasteiger partial charge is 0.331 e. The molecule has 0 radical (unpaired) electrons. The molecule has 116 valence electrons. The number of ether oxygens (including phenoxy) is 2. The molecule has 2 rings (SSSR count). The fraction of sp³-hybridized carbons (Fsp3) is 0.588. The van der Waals surface area contributed by atoms with Crippen LogP contribution < -0.4 is 10.1 Å². The van der Waals surface area contributed by atoms with E-state index >= 15 is 0 Å². The van der Waals surface area contributed by atoms with Crippen molar-refractivity contribution in [3.05, 3.63) is 24.3 Å². The SMILES string of the molecule is COC(=O)C1(Nc2cccc(OC)c2)CCCC(C)(C)C1. The van der Waals surface area contributed by atoms with Gasteiger partial charge in [-0.3, -0.25) is 0 Å². The lowest BCUT2D eigenvalue weighted by Crippen LogP contribution is -2.52. The van der Waals surface area contributed by atoms with Crippen molar-refractivity contribution in [3.8, 4) is 5.75 Å². The molecule has 1 unspecified atom stereocenters. The van der Waals surface area contributed by atoms with E-state index in [1.807, 2.05) is 24.3 Å². The highest BCUT2D eigenvalue weighted by Crippen LogP contribution is 2.43. The van der Waals surface area contributed by atoms with E-state index in [4.69, 9.17) is 9.47 Å². The van der Waals surface area contributed by atoms with Crippen molar-refractivity contribution in [2.24, 2.45) is 5.41 Å². The third kappa shape index (κ3) is 3.49. The monoisotopic (exact) mass is 291 g/mol. The first-order valence-corrected chi connectivity index (χ1v) is 7.41. The van der Waals surface area contributed by atoms with E-state index in [9.17, 15) is 4.79 Å². The molecular weight excluding hydrogens is 266 g/mol. The van der Waals surface area contributed by atoms with Gasteiger partial charge >= 0.3 is 5.97 Å². The third-order valence-corrected chi connectivity index (χ3v) is 4.27. The van der Waals surface area contributed by atoms with Crippen LogP contribution in [-0.2, 0) is 9.53 Å². The van der Waals surface area contributed by atoms with Gasteiger partial charge in [-0.1, -0.05) is 19.9 Å². The average Bonchev–Trinajstić information content (AvgIpc) is 2.45. The summed E-state index contributed by atoms with van der Waals surface area (Å²) in [5, 5.41) is 3.42. The normalized spacial score (nSPS) is 24.2. The van der Waals surface area contributed by atoms with Gasteiger partial charge in [-0.05, 0) is 43.2 Å². The quantitative estimate of drug-likeness (QED) is 0.861. The zero-order chi connectivity index (χ0) is 15.5. The highest BCUT2D eigenvalue weighted by Gasteiger charge is 2.46. The highest BCUT2D eigenvalue weighted by molar-refractivity contribution is 5.85. The molecule has 1 aromatic rings. The van der Waals surface area contributed by atoms with Crippen molar-refractivity contribution < 1.29 is 14.3 Å². The molecule has 0 saturated heterocycles. The Kier molecular flexibility index (Phi) is 4.45. The summed E-state index contributed by atoms with van der Waals surface area (Å²) >= 11 is 0. The summed E-state index contributed by atoms with van der Waals surface area (Å²) in [6, 6.07) is 7.67. The molecule has 0 aliphatic heterocycles. The molecule has 1 fully saturated rings. The lowest BCUT2D eigenvalue weighted by atomic mass is 9.68. The van der Waals surface area contributed by atoms with Crippen LogP contribution in [0.2, 0.25) is 0 Å².